The van der Waals surface area contributed by atoms with Gasteiger partial charge in [0.25, 0.3) is 0 Å². The Bertz CT molecular complexity index is 206. The van der Waals surface area contributed by atoms with Gasteiger partial charge in [0.15, 0.2) is 0 Å². The zero-order chi connectivity index (χ0) is 11.3. The van der Waals surface area contributed by atoms with Gasteiger partial charge < -0.3 is 10.1 Å². The third kappa shape index (κ3) is 4.01. The van der Waals surface area contributed by atoms with Gasteiger partial charge in [0.1, 0.15) is 0 Å². The number of methoxy groups -OCH3 is 1. The van der Waals surface area contributed by atoms with E-state index in [-0.39, 0.29) is 18.1 Å². The van der Waals surface area contributed by atoms with Crippen LogP contribution in [-0.4, -0.2) is 43.3 Å². The van der Waals surface area contributed by atoms with Gasteiger partial charge in [-0.2, -0.15) is 0 Å². The Balaban J connectivity index is 2.25. The molecule has 1 fully saturated rings. The summed E-state index contributed by atoms with van der Waals surface area (Å²) < 4.78 is 5.28. The molecule has 1 rings (SSSR count). The molecule has 1 aliphatic heterocycles. The summed E-state index contributed by atoms with van der Waals surface area (Å²) in [6.07, 6.45) is 0.100. The highest BCUT2D eigenvalue weighted by molar-refractivity contribution is 7.99. The average Bonchev–Trinajstić information content (AvgIpc) is 2.70. The quantitative estimate of drug-likeness (QED) is 0.722. The van der Waals surface area contributed by atoms with E-state index in [1.54, 1.807) is 18.9 Å². The Hall–Kier alpha value is -0.260. The first-order valence-electron chi connectivity index (χ1n) is 5.26. The van der Waals surface area contributed by atoms with Crippen LogP contribution < -0.4 is 10.6 Å². The first-order chi connectivity index (χ1) is 7.15. The minimum Gasteiger partial charge on any atom is -0.379 e. The van der Waals surface area contributed by atoms with Gasteiger partial charge in [0, 0.05) is 25.3 Å². The van der Waals surface area contributed by atoms with Crippen molar-refractivity contribution in [2.45, 2.75) is 26.0 Å². The standard InChI is InChI=1S/C10H20N2O2S/c1-7(2)9(14-3)4-11-10(13)8-5-15-6-12-8/h7-9,12H,4-6H2,1-3H3,(H,11,13). The summed E-state index contributed by atoms with van der Waals surface area (Å²) in [4.78, 5) is 11.6. The Labute approximate surface area is 95.5 Å². The number of ether oxygens (including phenoxy) is 1. The number of carbonyl (C=O) groups excluding carboxylic acids is 1. The lowest BCUT2D eigenvalue weighted by molar-refractivity contribution is -0.123. The molecule has 2 unspecified atom stereocenters. The number of nitrogens with one attached hydrogen (secondary N) is 2. The van der Waals surface area contributed by atoms with Crippen LogP contribution in [0.25, 0.3) is 0 Å². The Morgan fingerprint density at radius 2 is 2.40 bits per heavy atom. The van der Waals surface area contributed by atoms with Crippen LogP contribution in [0.4, 0.5) is 0 Å². The third-order valence-electron chi connectivity index (χ3n) is 2.56. The fourth-order valence-electron chi connectivity index (χ4n) is 1.48. The van der Waals surface area contributed by atoms with Gasteiger partial charge >= 0.3 is 0 Å². The van der Waals surface area contributed by atoms with E-state index in [1.165, 1.54) is 0 Å². The Morgan fingerprint density at radius 1 is 1.67 bits per heavy atom. The van der Waals surface area contributed by atoms with Crippen molar-refractivity contribution in [3.8, 4) is 0 Å². The molecule has 0 aromatic carbocycles. The molecule has 88 valence electrons. The molecule has 1 saturated heterocycles. The highest BCUT2D eigenvalue weighted by Crippen LogP contribution is 2.09. The van der Waals surface area contributed by atoms with Crippen molar-refractivity contribution >= 4 is 17.7 Å². The number of amides is 1. The SMILES string of the molecule is COC(CNC(=O)C1CSCN1)C(C)C. The number of thioether (sulfide) groups is 1. The third-order valence-corrected chi connectivity index (χ3v) is 3.50. The topological polar surface area (TPSA) is 50.4 Å². The predicted molar refractivity (Wildman–Crippen MR) is 62.9 cm³/mol. The molecule has 0 saturated carbocycles. The van der Waals surface area contributed by atoms with E-state index in [4.69, 9.17) is 4.74 Å². The van der Waals surface area contributed by atoms with Gasteiger partial charge in [0.2, 0.25) is 5.91 Å². The van der Waals surface area contributed by atoms with Crippen LogP contribution in [0.2, 0.25) is 0 Å². The summed E-state index contributed by atoms with van der Waals surface area (Å²) >= 11 is 1.75. The first kappa shape index (κ1) is 12.8. The van der Waals surface area contributed by atoms with Crippen molar-refractivity contribution in [2.24, 2.45) is 5.92 Å². The molecule has 0 radical (unpaired) electrons. The minimum atomic E-state index is -0.0281. The first-order valence-corrected chi connectivity index (χ1v) is 6.42. The molecule has 0 aromatic rings. The monoisotopic (exact) mass is 232 g/mol. The maximum atomic E-state index is 11.6. The summed E-state index contributed by atoms with van der Waals surface area (Å²) in [7, 11) is 1.68. The van der Waals surface area contributed by atoms with E-state index in [0.717, 1.165) is 11.6 Å². The average molecular weight is 232 g/mol. The number of hydrogen-bond donors (Lipinski definition) is 2. The van der Waals surface area contributed by atoms with Gasteiger partial charge in [-0.25, -0.2) is 0 Å². The van der Waals surface area contributed by atoms with Gasteiger partial charge in [-0.1, -0.05) is 13.8 Å². The molecular formula is C10H20N2O2S. The maximum absolute atomic E-state index is 11.6. The normalized spacial score (nSPS) is 23.1. The van der Waals surface area contributed by atoms with Crippen molar-refractivity contribution in [1.82, 2.24) is 10.6 Å². The van der Waals surface area contributed by atoms with Gasteiger partial charge in [-0.15, -0.1) is 11.8 Å². The maximum Gasteiger partial charge on any atom is 0.238 e. The van der Waals surface area contributed by atoms with E-state index in [0.29, 0.717) is 12.5 Å². The highest BCUT2D eigenvalue weighted by atomic mass is 32.2. The lowest BCUT2D eigenvalue weighted by Gasteiger charge is -2.20. The summed E-state index contributed by atoms with van der Waals surface area (Å²) in [5.41, 5.74) is 0. The summed E-state index contributed by atoms with van der Waals surface area (Å²) in [5, 5.41) is 6.05. The second-order valence-electron chi connectivity index (χ2n) is 4.04. The molecule has 1 aliphatic rings. The van der Waals surface area contributed by atoms with E-state index < -0.39 is 0 Å². The smallest absolute Gasteiger partial charge is 0.238 e. The molecule has 15 heavy (non-hydrogen) atoms. The fraction of sp³-hybridized carbons (Fsp3) is 0.900. The van der Waals surface area contributed by atoms with E-state index in [2.05, 4.69) is 24.5 Å². The second kappa shape index (κ2) is 6.35. The van der Waals surface area contributed by atoms with Crippen LogP contribution in [-0.2, 0) is 9.53 Å². The highest BCUT2D eigenvalue weighted by Gasteiger charge is 2.23. The molecule has 1 amide bonds. The molecule has 2 N–H and O–H groups in total. The van der Waals surface area contributed by atoms with Crippen molar-refractivity contribution < 1.29 is 9.53 Å². The molecule has 2 atom stereocenters. The van der Waals surface area contributed by atoms with Crippen molar-refractivity contribution in [3.63, 3.8) is 0 Å². The lowest BCUT2D eigenvalue weighted by atomic mass is 10.1. The molecule has 5 heteroatoms. The fourth-order valence-corrected chi connectivity index (χ4v) is 2.42. The summed E-state index contributed by atoms with van der Waals surface area (Å²) in [5.74, 6) is 2.24. The van der Waals surface area contributed by atoms with E-state index in [1.807, 2.05) is 0 Å². The van der Waals surface area contributed by atoms with Crippen molar-refractivity contribution in [3.05, 3.63) is 0 Å². The largest absolute Gasteiger partial charge is 0.379 e. The van der Waals surface area contributed by atoms with Crippen LogP contribution in [0.3, 0.4) is 0 Å². The molecule has 0 aromatic heterocycles. The Morgan fingerprint density at radius 3 is 2.87 bits per heavy atom. The van der Waals surface area contributed by atoms with Crippen molar-refractivity contribution in [2.75, 3.05) is 25.3 Å². The zero-order valence-electron chi connectivity index (χ0n) is 9.58. The lowest BCUT2D eigenvalue weighted by Crippen LogP contribution is -2.45. The molecule has 0 spiro atoms. The molecule has 0 bridgehead atoms. The van der Waals surface area contributed by atoms with E-state index >= 15 is 0 Å². The van der Waals surface area contributed by atoms with Crippen LogP contribution in [0, 0.1) is 5.92 Å². The van der Waals surface area contributed by atoms with Crippen LogP contribution in [0.1, 0.15) is 13.8 Å². The molecule has 0 aliphatic carbocycles. The minimum absolute atomic E-state index is 0.0281. The van der Waals surface area contributed by atoms with Gasteiger partial charge in [0.05, 0.1) is 12.1 Å². The van der Waals surface area contributed by atoms with Crippen LogP contribution in [0.15, 0.2) is 0 Å². The van der Waals surface area contributed by atoms with Crippen LogP contribution in [0.5, 0.6) is 0 Å². The van der Waals surface area contributed by atoms with Crippen LogP contribution >= 0.6 is 11.8 Å². The second-order valence-corrected chi connectivity index (χ2v) is 5.07. The van der Waals surface area contributed by atoms with E-state index in [9.17, 15) is 4.79 Å². The predicted octanol–water partition coefficient (Wildman–Crippen LogP) is 0.436. The summed E-state index contributed by atoms with van der Waals surface area (Å²) in [6, 6.07) is -0.0281. The number of rotatable bonds is 5. The Kier molecular flexibility index (Phi) is 5.42. The summed E-state index contributed by atoms with van der Waals surface area (Å²) in [6.45, 7) is 4.77. The molecule has 4 nitrogen and oxygen atoms in total. The van der Waals surface area contributed by atoms with Gasteiger partial charge in [-0.3, -0.25) is 10.1 Å². The van der Waals surface area contributed by atoms with Gasteiger partial charge in [-0.05, 0) is 5.92 Å². The zero-order valence-corrected chi connectivity index (χ0v) is 10.4. The molecular weight excluding hydrogens is 212 g/mol. The van der Waals surface area contributed by atoms with Crippen molar-refractivity contribution in [1.29, 1.82) is 0 Å². The number of carbonyl (C=O) groups is 1. The number of hydrogen-bond acceptors (Lipinski definition) is 4. The molecule has 1 heterocycles.